The van der Waals surface area contributed by atoms with Gasteiger partial charge in [-0.25, -0.2) is 0 Å². The normalized spacial score (nSPS) is 12.6. The van der Waals surface area contributed by atoms with E-state index in [0.29, 0.717) is 0 Å². The number of hydrogen-bond donors (Lipinski definition) is 0. The van der Waals surface area contributed by atoms with Crippen LogP contribution in [-0.4, -0.2) is 57.4 Å². The van der Waals surface area contributed by atoms with Crippen LogP contribution in [0.4, 0.5) is 0 Å². The Morgan fingerprint density at radius 2 is 1.90 bits per heavy atom. The van der Waals surface area contributed by atoms with Crippen molar-refractivity contribution in [1.82, 2.24) is 4.90 Å². The molecule has 59 valence electrons. The quantitative estimate of drug-likeness (QED) is 0.704. The van der Waals surface area contributed by atoms with Crippen LogP contribution >= 0.6 is 0 Å². The number of rotatable bonds is 4. The van der Waals surface area contributed by atoms with Gasteiger partial charge in [-0.2, -0.15) is 0 Å². The number of nitrogens with zero attached hydrogens (tertiary/aromatic N) is 1. The molecule has 0 heterocycles. The van der Waals surface area contributed by atoms with E-state index in [1.54, 1.807) is 0 Å². The molecule has 0 saturated heterocycles. The van der Waals surface area contributed by atoms with Crippen molar-refractivity contribution in [3.8, 4) is 0 Å². The molecule has 0 N–H and O–H groups in total. The number of hydrogen-bond acceptors (Lipinski definition) is 2. The zero-order valence-electron chi connectivity index (χ0n) is 7.27. The van der Waals surface area contributed by atoms with Crippen LogP contribution in [-0.2, 0) is 2.69 Å². The van der Waals surface area contributed by atoms with Gasteiger partial charge >= 0.3 is 80.3 Å². The standard InChI is InChI=1S/C7H16NO.Pb/c1-7(2,9)5-6-8(3)4;/h5-6H2,1-4H3;/q-1;+1. The maximum absolute atomic E-state index is 5.40. The second-order valence-electron chi connectivity index (χ2n) is 3.42. The van der Waals surface area contributed by atoms with Gasteiger partial charge in [0.25, 0.3) is 0 Å². The molecular formula is C7H16NOPb. The van der Waals surface area contributed by atoms with Crippen LogP contribution in [0.5, 0.6) is 0 Å². The van der Waals surface area contributed by atoms with Crippen LogP contribution in [0.3, 0.4) is 0 Å². The van der Waals surface area contributed by atoms with E-state index in [2.05, 4.69) is 32.8 Å². The van der Waals surface area contributed by atoms with E-state index >= 15 is 0 Å². The van der Waals surface area contributed by atoms with E-state index in [1.807, 2.05) is 0 Å². The van der Waals surface area contributed by atoms with Gasteiger partial charge in [-0.15, -0.1) is 0 Å². The monoisotopic (exact) mass is 338 g/mol. The second-order valence-corrected chi connectivity index (χ2v) is 4.21. The van der Waals surface area contributed by atoms with E-state index in [4.69, 9.17) is 2.69 Å². The summed E-state index contributed by atoms with van der Waals surface area (Å²) in [6, 6.07) is 0. The maximum atomic E-state index is 5.40. The molecule has 0 aliphatic rings. The Morgan fingerprint density at radius 3 is 2.20 bits per heavy atom. The van der Waals surface area contributed by atoms with Crippen LogP contribution in [0.25, 0.3) is 0 Å². The molecule has 0 atom stereocenters. The van der Waals surface area contributed by atoms with Crippen molar-refractivity contribution in [2.45, 2.75) is 25.9 Å². The fraction of sp³-hybridized carbons (Fsp3) is 1.00. The molecule has 3 radical (unpaired) electrons. The van der Waals surface area contributed by atoms with Crippen LogP contribution in [0, 0.1) is 0 Å². The summed E-state index contributed by atoms with van der Waals surface area (Å²) in [7, 11) is 4.17. The minimum atomic E-state index is 0.0937. The third kappa shape index (κ3) is 5.61. The Balaban J connectivity index is 3.46. The first-order valence-corrected chi connectivity index (χ1v) is 5.06. The van der Waals surface area contributed by atoms with Gasteiger partial charge in [-0.1, -0.05) is 0 Å². The molecule has 10 heavy (non-hydrogen) atoms. The van der Waals surface area contributed by atoms with Gasteiger partial charge in [0, 0.05) is 0 Å². The third-order valence-electron chi connectivity index (χ3n) is 1.44. The second kappa shape index (κ2) is 4.67. The molecule has 0 aromatic heterocycles. The van der Waals surface area contributed by atoms with Gasteiger partial charge in [-0.3, -0.25) is 0 Å². The Hall–Kier alpha value is 0.842. The van der Waals surface area contributed by atoms with Crippen molar-refractivity contribution in [3.63, 3.8) is 0 Å². The summed E-state index contributed by atoms with van der Waals surface area (Å²) in [6.07, 6.45) is 1.11. The summed E-state index contributed by atoms with van der Waals surface area (Å²) < 4.78 is 5.40. The first-order chi connectivity index (χ1) is 4.48. The summed E-state index contributed by atoms with van der Waals surface area (Å²) in [5, 5.41) is 0. The van der Waals surface area contributed by atoms with Gasteiger partial charge in [0.1, 0.15) is 0 Å². The fourth-order valence-electron chi connectivity index (χ4n) is 0.544. The van der Waals surface area contributed by atoms with E-state index < -0.39 is 0 Å². The fourth-order valence-corrected chi connectivity index (χ4v) is 0.941. The third-order valence-corrected chi connectivity index (χ3v) is 3.59. The van der Waals surface area contributed by atoms with E-state index in [1.165, 1.54) is 0 Å². The molecule has 0 aromatic rings. The summed E-state index contributed by atoms with van der Waals surface area (Å²) in [5.74, 6) is 0. The van der Waals surface area contributed by atoms with Crippen molar-refractivity contribution in [1.29, 1.82) is 0 Å². The van der Waals surface area contributed by atoms with Gasteiger partial charge in [0.15, 0.2) is 0 Å². The molecule has 2 nitrogen and oxygen atoms in total. The molecule has 0 aromatic carbocycles. The Bertz CT molecular complexity index is 93.6. The van der Waals surface area contributed by atoms with Crippen LogP contribution in [0.1, 0.15) is 20.3 Å². The molecule has 0 bridgehead atoms. The predicted molar refractivity (Wildman–Crippen MR) is 44.1 cm³/mol. The van der Waals surface area contributed by atoms with E-state index in [9.17, 15) is 0 Å². The van der Waals surface area contributed by atoms with Crippen molar-refractivity contribution in [2.75, 3.05) is 20.6 Å². The molecule has 0 fully saturated rings. The minimum absolute atomic E-state index is 0.0937. The van der Waals surface area contributed by atoms with Gasteiger partial charge in [-0.05, 0) is 0 Å². The van der Waals surface area contributed by atoms with Crippen LogP contribution < -0.4 is 0 Å². The Kier molecular flexibility index (Phi) is 5.06. The average molecular weight is 337 g/mol. The topological polar surface area (TPSA) is 12.5 Å². The molecule has 0 unspecified atom stereocenters. The zero-order valence-corrected chi connectivity index (χ0v) is 11.2. The van der Waals surface area contributed by atoms with Crippen LogP contribution in [0.15, 0.2) is 0 Å². The summed E-state index contributed by atoms with van der Waals surface area (Å²) in [5.41, 5.74) is 0.0937. The van der Waals surface area contributed by atoms with Crippen molar-refractivity contribution in [2.24, 2.45) is 0 Å². The zero-order chi connectivity index (χ0) is 8.20. The van der Waals surface area contributed by atoms with Crippen molar-refractivity contribution >= 4 is 26.2 Å². The molecule has 0 amide bonds. The van der Waals surface area contributed by atoms with Crippen molar-refractivity contribution in [3.05, 3.63) is 0 Å². The van der Waals surface area contributed by atoms with Crippen LogP contribution in [0.2, 0.25) is 0 Å². The molecule has 0 aliphatic heterocycles. The van der Waals surface area contributed by atoms with Gasteiger partial charge in [0.05, 0.1) is 0 Å². The first kappa shape index (κ1) is 10.8. The summed E-state index contributed by atoms with van der Waals surface area (Å²) in [4.78, 5) is 2.18. The molecular weight excluding hydrogens is 321 g/mol. The van der Waals surface area contributed by atoms with Gasteiger partial charge in [0.2, 0.25) is 0 Å². The molecule has 0 saturated carbocycles. The van der Waals surface area contributed by atoms with Crippen molar-refractivity contribution < 1.29 is 2.69 Å². The first-order valence-electron chi connectivity index (χ1n) is 3.47. The SMILES string of the molecule is CN(C)CCC(C)(C)[O][Pb]. The summed E-state index contributed by atoms with van der Waals surface area (Å²) in [6.45, 7) is 5.39. The Morgan fingerprint density at radius 1 is 1.40 bits per heavy atom. The molecule has 0 spiro atoms. The van der Waals surface area contributed by atoms with Gasteiger partial charge < -0.3 is 0 Å². The molecule has 0 rings (SSSR count). The predicted octanol–water partition coefficient (Wildman–Crippen LogP) is 0.817. The van der Waals surface area contributed by atoms with E-state index in [0.717, 1.165) is 39.2 Å². The Labute approximate surface area is 80.3 Å². The average Bonchev–Trinajstić information content (AvgIpc) is 1.85. The molecule has 0 aliphatic carbocycles. The molecule has 3 heteroatoms. The van der Waals surface area contributed by atoms with E-state index in [-0.39, 0.29) is 5.60 Å². The summed E-state index contributed by atoms with van der Waals surface area (Å²) >= 11 is 0.839.